The number of hydrogen-bond acceptors (Lipinski definition) is 3. The van der Waals surface area contributed by atoms with Gasteiger partial charge in [-0.3, -0.25) is 14.3 Å². The van der Waals surface area contributed by atoms with Crippen molar-refractivity contribution in [1.29, 1.82) is 0 Å². The van der Waals surface area contributed by atoms with E-state index in [1.54, 1.807) is 19.3 Å². The molecule has 0 spiro atoms. The summed E-state index contributed by atoms with van der Waals surface area (Å²) in [6.45, 7) is 0.350. The first kappa shape index (κ1) is 13.6. The summed E-state index contributed by atoms with van der Waals surface area (Å²) in [6.07, 6.45) is 6.44. The molecule has 1 aliphatic rings. The predicted octanol–water partition coefficient (Wildman–Crippen LogP) is 0.599. The molecule has 0 bridgehead atoms. The minimum absolute atomic E-state index is 0.0113. The minimum atomic E-state index is -0.200. The Labute approximate surface area is 112 Å². The van der Waals surface area contributed by atoms with E-state index in [4.69, 9.17) is 0 Å². The van der Waals surface area contributed by atoms with Gasteiger partial charge in [-0.25, -0.2) is 0 Å². The van der Waals surface area contributed by atoms with Crippen molar-refractivity contribution in [1.82, 2.24) is 20.4 Å². The van der Waals surface area contributed by atoms with Crippen LogP contribution < -0.4 is 10.6 Å². The Balaban J connectivity index is 1.67. The number of rotatable bonds is 5. The highest BCUT2D eigenvalue weighted by molar-refractivity contribution is 5.92. The summed E-state index contributed by atoms with van der Waals surface area (Å²) in [6, 6.07) is 1.98. The van der Waals surface area contributed by atoms with Crippen LogP contribution in [-0.2, 0) is 11.8 Å². The van der Waals surface area contributed by atoms with Crippen molar-refractivity contribution in [2.75, 3.05) is 6.54 Å². The fourth-order valence-corrected chi connectivity index (χ4v) is 2.35. The van der Waals surface area contributed by atoms with Gasteiger partial charge in [-0.05, 0) is 18.9 Å². The number of carbonyl (C=O) groups excluding carboxylic acids is 2. The van der Waals surface area contributed by atoms with Crippen LogP contribution in [0.4, 0.5) is 0 Å². The molecule has 0 atom stereocenters. The van der Waals surface area contributed by atoms with Crippen molar-refractivity contribution in [2.24, 2.45) is 7.05 Å². The maximum absolute atomic E-state index is 11.7. The highest BCUT2D eigenvalue weighted by Crippen LogP contribution is 2.17. The lowest BCUT2D eigenvalue weighted by atomic mass is 10.2. The molecule has 2 amide bonds. The Kier molecular flexibility index (Phi) is 4.54. The molecular weight excluding hydrogens is 244 g/mol. The molecule has 1 fully saturated rings. The van der Waals surface area contributed by atoms with Gasteiger partial charge in [0, 0.05) is 32.3 Å². The Hall–Kier alpha value is -1.85. The third kappa shape index (κ3) is 3.81. The Morgan fingerprint density at radius 3 is 2.79 bits per heavy atom. The molecule has 104 valence electrons. The molecule has 2 N–H and O–H groups in total. The summed E-state index contributed by atoms with van der Waals surface area (Å²) in [7, 11) is 1.71. The topological polar surface area (TPSA) is 76.0 Å². The van der Waals surface area contributed by atoms with E-state index in [0.717, 1.165) is 12.8 Å². The zero-order valence-corrected chi connectivity index (χ0v) is 11.2. The molecule has 19 heavy (non-hydrogen) atoms. The van der Waals surface area contributed by atoms with E-state index in [1.807, 2.05) is 0 Å². The Morgan fingerprint density at radius 2 is 2.16 bits per heavy atom. The van der Waals surface area contributed by atoms with E-state index >= 15 is 0 Å². The molecule has 1 aliphatic carbocycles. The zero-order valence-electron chi connectivity index (χ0n) is 11.2. The van der Waals surface area contributed by atoms with Crippen LogP contribution in [0, 0.1) is 0 Å². The smallest absolute Gasteiger partial charge is 0.269 e. The number of amides is 2. The molecule has 1 aromatic heterocycles. The van der Waals surface area contributed by atoms with Crippen LogP contribution in [0.3, 0.4) is 0 Å². The van der Waals surface area contributed by atoms with E-state index in [0.29, 0.717) is 24.7 Å². The molecule has 1 heterocycles. The van der Waals surface area contributed by atoms with Gasteiger partial charge in [0.25, 0.3) is 5.91 Å². The molecule has 0 saturated heterocycles. The van der Waals surface area contributed by atoms with Gasteiger partial charge in [0.15, 0.2) is 0 Å². The number of carbonyl (C=O) groups is 2. The SMILES string of the molecule is Cn1nccc1C(=O)NCCC(=O)NC1CCCC1. The fourth-order valence-electron chi connectivity index (χ4n) is 2.35. The molecule has 0 aliphatic heterocycles. The van der Waals surface area contributed by atoms with Gasteiger partial charge in [-0.15, -0.1) is 0 Å². The van der Waals surface area contributed by atoms with Crippen LogP contribution >= 0.6 is 0 Å². The van der Waals surface area contributed by atoms with Crippen LogP contribution in [0.5, 0.6) is 0 Å². The Morgan fingerprint density at radius 1 is 1.42 bits per heavy atom. The van der Waals surface area contributed by atoms with Crippen LogP contribution in [0.25, 0.3) is 0 Å². The lowest BCUT2D eigenvalue weighted by Crippen LogP contribution is -2.35. The zero-order chi connectivity index (χ0) is 13.7. The van der Waals surface area contributed by atoms with Gasteiger partial charge in [-0.1, -0.05) is 12.8 Å². The maximum Gasteiger partial charge on any atom is 0.269 e. The average Bonchev–Trinajstić information content (AvgIpc) is 3.00. The van der Waals surface area contributed by atoms with Gasteiger partial charge in [-0.2, -0.15) is 5.10 Å². The molecule has 1 aromatic rings. The van der Waals surface area contributed by atoms with Gasteiger partial charge < -0.3 is 10.6 Å². The second-order valence-electron chi connectivity index (χ2n) is 4.89. The second-order valence-corrected chi connectivity index (χ2v) is 4.89. The van der Waals surface area contributed by atoms with E-state index in [2.05, 4.69) is 15.7 Å². The third-order valence-corrected chi connectivity index (χ3v) is 3.41. The first-order valence-electron chi connectivity index (χ1n) is 6.72. The van der Waals surface area contributed by atoms with E-state index in [-0.39, 0.29) is 11.8 Å². The van der Waals surface area contributed by atoms with Crippen LogP contribution in [0.2, 0.25) is 0 Å². The first-order valence-corrected chi connectivity index (χ1v) is 6.72. The molecule has 6 heteroatoms. The second kappa shape index (κ2) is 6.36. The number of nitrogens with one attached hydrogen (secondary N) is 2. The van der Waals surface area contributed by atoms with Crippen LogP contribution in [0.1, 0.15) is 42.6 Å². The molecule has 2 rings (SSSR count). The summed E-state index contributed by atoms with van der Waals surface area (Å²) in [5, 5.41) is 9.64. The summed E-state index contributed by atoms with van der Waals surface area (Å²) >= 11 is 0. The van der Waals surface area contributed by atoms with Crippen molar-refractivity contribution in [3.63, 3.8) is 0 Å². The number of nitrogens with zero attached hydrogens (tertiary/aromatic N) is 2. The third-order valence-electron chi connectivity index (χ3n) is 3.41. The van der Waals surface area contributed by atoms with Crippen molar-refractivity contribution in [2.45, 2.75) is 38.1 Å². The summed E-state index contributed by atoms with van der Waals surface area (Å²) in [4.78, 5) is 23.4. The van der Waals surface area contributed by atoms with E-state index < -0.39 is 0 Å². The summed E-state index contributed by atoms with van der Waals surface area (Å²) in [5.41, 5.74) is 0.496. The number of aromatic nitrogens is 2. The van der Waals surface area contributed by atoms with Crippen molar-refractivity contribution in [3.8, 4) is 0 Å². The lowest BCUT2D eigenvalue weighted by Gasteiger charge is -2.12. The van der Waals surface area contributed by atoms with Gasteiger partial charge in [0.2, 0.25) is 5.91 Å². The molecule has 1 saturated carbocycles. The molecular formula is C13H20N4O2. The number of hydrogen-bond donors (Lipinski definition) is 2. The van der Waals surface area contributed by atoms with Gasteiger partial charge in [0.1, 0.15) is 5.69 Å². The van der Waals surface area contributed by atoms with Crippen molar-refractivity contribution >= 4 is 11.8 Å². The molecule has 0 radical (unpaired) electrons. The van der Waals surface area contributed by atoms with Crippen molar-refractivity contribution in [3.05, 3.63) is 18.0 Å². The van der Waals surface area contributed by atoms with Crippen LogP contribution in [0.15, 0.2) is 12.3 Å². The van der Waals surface area contributed by atoms with E-state index in [1.165, 1.54) is 17.5 Å². The van der Waals surface area contributed by atoms with Gasteiger partial charge in [0.05, 0.1) is 0 Å². The maximum atomic E-state index is 11.7. The minimum Gasteiger partial charge on any atom is -0.353 e. The highest BCUT2D eigenvalue weighted by atomic mass is 16.2. The summed E-state index contributed by atoms with van der Waals surface area (Å²) < 4.78 is 1.51. The normalized spacial score (nSPS) is 15.4. The lowest BCUT2D eigenvalue weighted by molar-refractivity contribution is -0.121. The monoisotopic (exact) mass is 264 g/mol. The van der Waals surface area contributed by atoms with E-state index in [9.17, 15) is 9.59 Å². The first-order chi connectivity index (χ1) is 9.16. The quantitative estimate of drug-likeness (QED) is 0.817. The standard InChI is InChI=1S/C13H20N4O2/c1-17-11(6-9-15-17)13(19)14-8-7-12(18)16-10-4-2-3-5-10/h6,9-10H,2-5,7-8H2,1H3,(H,14,19)(H,16,18). The fraction of sp³-hybridized carbons (Fsp3) is 0.615. The molecule has 0 aromatic carbocycles. The highest BCUT2D eigenvalue weighted by Gasteiger charge is 2.17. The molecule has 0 unspecified atom stereocenters. The summed E-state index contributed by atoms with van der Waals surface area (Å²) in [5.74, 6) is -0.189. The van der Waals surface area contributed by atoms with Crippen molar-refractivity contribution < 1.29 is 9.59 Å². The van der Waals surface area contributed by atoms with Crippen LogP contribution in [-0.4, -0.2) is 34.2 Å². The predicted molar refractivity (Wildman–Crippen MR) is 70.6 cm³/mol. The average molecular weight is 264 g/mol. The Bertz CT molecular complexity index is 449. The largest absolute Gasteiger partial charge is 0.353 e. The number of aryl methyl sites for hydroxylation is 1. The van der Waals surface area contributed by atoms with Gasteiger partial charge >= 0.3 is 0 Å². The molecule has 6 nitrogen and oxygen atoms in total.